The van der Waals surface area contributed by atoms with Crippen LogP contribution < -0.4 is 4.74 Å². The Morgan fingerprint density at radius 2 is 1.83 bits per heavy atom. The van der Waals surface area contributed by atoms with Crippen LogP contribution in [0.4, 0.5) is 8.78 Å². The SMILES string of the molecule is Cc1cc(C(=O)O)nc2c(C(C)(C)C)cc(OCC(C)(F)F)cc12. The lowest BCUT2D eigenvalue weighted by Crippen LogP contribution is -2.21. The van der Waals surface area contributed by atoms with Gasteiger partial charge < -0.3 is 9.84 Å². The number of hydrogen-bond acceptors (Lipinski definition) is 3. The number of halogens is 2. The number of nitrogens with zero attached hydrogens (tertiary/aromatic N) is 1. The lowest BCUT2D eigenvalue weighted by Gasteiger charge is -2.23. The van der Waals surface area contributed by atoms with E-state index in [0.717, 1.165) is 12.5 Å². The third kappa shape index (κ3) is 3.99. The van der Waals surface area contributed by atoms with E-state index in [1.165, 1.54) is 6.07 Å². The molecule has 0 fully saturated rings. The second kappa shape index (κ2) is 6.00. The zero-order chi connectivity index (χ0) is 18.3. The van der Waals surface area contributed by atoms with Gasteiger partial charge in [0.2, 0.25) is 0 Å². The van der Waals surface area contributed by atoms with Gasteiger partial charge in [0, 0.05) is 12.3 Å². The number of carboxylic acids is 1. The number of alkyl halides is 2. The maximum Gasteiger partial charge on any atom is 0.354 e. The van der Waals surface area contributed by atoms with Gasteiger partial charge in [-0.05, 0) is 41.7 Å². The summed E-state index contributed by atoms with van der Waals surface area (Å²) in [6.07, 6.45) is 0. The maximum absolute atomic E-state index is 13.1. The molecular weight excluding hydrogens is 316 g/mol. The first-order valence-corrected chi connectivity index (χ1v) is 7.58. The van der Waals surface area contributed by atoms with Crippen molar-refractivity contribution in [2.24, 2.45) is 0 Å². The van der Waals surface area contributed by atoms with Crippen LogP contribution in [0, 0.1) is 6.92 Å². The number of carboxylic acid groups (broad SMARTS) is 1. The van der Waals surface area contributed by atoms with E-state index in [1.54, 1.807) is 19.1 Å². The van der Waals surface area contributed by atoms with Gasteiger partial charge in [-0.2, -0.15) is 0 Å². The van der Waals surface area contributed by atoms with E-state index >= 15 is 0 Å². The first-order valence-electron chi connectivity index (χ1n) is 7.58. The fourth-order valence-electron chi connectivity index (χ4n) is 2.44. The molecule has 2 rings (SSSR count). The fraction of sp³-hybridized carbons (Fsp3) is 0.444. The van der Waals surface area contributed by atoms with Crippen LogP contribution >= 0.6 is 0 Å². The van der Waals surface area contributed by atoms with E-state index in [4.69, 9.17) is 4.74 Å². The van der Waals surface area contributed by atoms with Gasteiger partial charge in [0.15, 0.2) is 6.61 Å². The highest BCUT2D eigenvalue weighted by Crippen LogP contribution is 2.35. The van der Waals surface area contributed by atoms with E-state index in [9.17, 15) is 18.7 Å². The van der Waals surface area contributed by atoms with Gasteiger partial charge in [-0.3, -0.25) is 0 Å². The molecule has 4 nitrogen and oxygen atoms in total. The molecule has 0 spiro atoms. The van der Waals surface area contributed by atoms with E-state index < -0.39 is 18.5 Å². The number of ether oxygens (including phenoxy) is 1. The Kier molecular flexibility index (Phi) is 4.52. The fourth-order valence-corrected chi connectivity index (χ4v) is 2.44. The maximum atomic E-state index is 13.1. The minimum Gasteiger partial charge on any atom is -0.487 e. The van der Waals surface area contributed by atoms with Gasteiger partial charge in [0.25, 0.3) is 5.92 Å². The summed E-state index contributed by atoms with van der Waals surface area (Å²) in [5, 5.41) is 9.92. The van der Waals surface area contributed by atoms with Gasteiger partial charge in [0.05, 0.1) is 5.52 Å². The van der Waals surface area contributed by atoms with Crippen LogP contribution in [0.5, 0.6) is 5.75 Å². The molecule has 1 N–H and O–H groups in total. The van der Waals surface area contributed by atoms with Crippen molar-refractivity contribution >= 4 is 16.9 Å². The molecule has 0 radical (unpaired) electrons. The van der Waals surface area contributed by atoms with Crippen LogP contribution in [-0.4, -0.2) is 28.6 Å². The first-order chi connectivity index (χ1) is 10.9. The molecule has 6 heteroatoms. The Morgan fingerprint density at radius 1 is 1.21 bits per heavy atom. The Hall–Kier alpha value is -2.24. The highest BCUT2D eigenvalue weighted by Gasteiger charge is 2.25. The summed E-state index contributed by atoms with van der Waals surface area (Å²) >= 11 is 0. The molecule has 0 amide bonds. The topological polar surface area (TPSA) is 59.4 Å². The van der Waals surface area contributed by atoms with Gasteiger partial charge in [-0.25, -0.2) is 18.6 Å². The van der Waals surface area contributed by atoms with E-state index in [-0.39, 0.29) is 11.1 Å². The van der Waals surface area contributed by atoms with Crippen LogP contribution in [0.15, 0.2) is 18.2 Å². The summed E-state index contributed by atoms with van der Waals surface area (Å²) < 4.78 is 31.4. The molecule has 0 saturated heterocycles. The summed E-state index contributed by atoms with van der Waals surface area (Å²) in [5.74, 6) is -3.72. The zero-order valence-corrected chi connectivity index (χ0v) is 14.4. The number of fused-ring (bicyclic) bond motifs is 1. The number of carbonyl (C=O) groups is 1. The van der Waals surface area contributed by atoms with E-state index in [0.29, 0.717) is 22.2 Å². The second-order valence-electron chi connectivity index (χ2n) is 7.11. The van der Waals surface area contributed by atoms with Crippen LogP contribution in [0.25, 0.3) is 10.9 Å². The Balaban J connectivity index is 2.68. The molecule has 1 aromatic carbocycles. The molecule has 0 aliphatic rings. The normalized spacial score (nSPS) is 12.5. The van der Waals surface area contributed by atoms with Crippen molar-refractivity contribution in [1.29, 1.82) is 0 Å². The largest absolute Gasteiger partial charge is 0.487 e. The molecule has 2 aromatic rings. The Labute approximate surface area is 139 Å². The third-order valence-corrected chi connectivity index (χ3v) is 3.61. The average Bonchev–Trinajstić information content (AvgIpc) is 2.42. The monoisotopic (exact) mass is 337 g/mol. The average molecular weight is 337 g/mol. The number of aromatic carboxylic acids is 1. The van der Waals surface area contributed by atoms with Crippen molar-refractivity contribution in [2.45, 2.75) is 46.0 Å². The highest BCUT2D eigenvalue weighted by molar-refractivity contribution is 5.93. The Morgan fingerprint density at radius 3 is 2.33 bits per heavy atom. The highest BCUT2D eigenvalue weighted by atomic mass is 19.3. The summed E-state index contributed by atoms with van der Waals surface area (Å²) in [7, 11) is 0. The smallest absolute Gasteiger partial charge is 0.354 e. The van der Waals surface area contributed by atoms with Crippen molar-refractivity contribution in [3.05, 3.63) is 35.0 Å². The number of rotatable bonds is 4. The predicted octanol–water partition coefficient (Wildman–Crippen LogP) is 4.57. The van der Waals surface area contributed by atoms with Crippen LogP contribution in [0.1, 0.15) is 49.3 Å². The second-order valence-corrected chi connectivity index (χ2v) is 7.11. The summed E-state index contributed by atoms with van der Waals surface area (Å²) in [6.45, 7) is 7.69. The van der Waals surface area contributed by atoms with E-state index in [1.807, 2.05) is 20.8 Å². The first kappa shape index (κ1) is 18.1. The minimum absolute atomic E-state index is 0.0424. The molecule has 130 valence electrons. The zero-order valence-electron chi connectivity index (χ0n) is 14.4. The molecule has 0 saturated carbocycles. The predicted molar refractivity (Wildman–Crippen MR) is 88.3 cm³/mol. The van der Waals surface area contributed by atoms with Crippen LogP contribution in [0.3, 0.4) is 0 Å². The van der Waals surface area contributed by atoms with Crippen molar-refractivity contribution in [2.75, 3.05) is 6.61 Å². The Bertz CT molecular complexity index is 789. The molecular formula is C18H21F2NO3. The molecule has 24 heavy (non-hydrogen) atoms. The quantitative estimate of drug-likeness (QED) is 0.887. The van der Waals surface area contributed by atoms with Gasteiger partial charge in [-0.1, -0.05) is 20.8 Å². The molecule has 0 atom stereocenters. The molecule has 1 aromatic heterocycles. The number of pyridine rings is 1. The van der Waals surface area contributed by atoms with Crippen molar-refractivity contribution in [3.8, 4) is 5.75 Å². The molecule has 1 heterocycles. The van der Waals surface area contributed by atoms with Crippen molar-refractivity contribution in [1.82, 2.24) is 4.98 Å². The molecule has 0 unspecified atom stereocenters. The lowest BCUT2D eigenvalue weighted by molar-refractivity contribution is -0.0229. The molecule has 0 aliphatic carbocycles. The lowest BCUT2D eigenvalue weighted by atomic mass is 9.84. The minimum atomic E-state index is -2.93. The van der Waals surface area contributed by atoms with Gasteiger partial charge in [-0.15, -0.1) is 0 Å². The van der Waals surface area contributed by atoms with Crippen molar-refractivity contribution < 1.29 is 23.4 Å². The third-order valence-electron chi connectivity index (χ3n) is 3.61. The summed E-state index contributed by atoms with van der Waals surface area (Å²) in [5.41, 5.74) is 1.61. The molecule has 0 aliphatic heterocycles. The van der Waals surface area contributed by atoms with E-state index in [2.05, 4.69) is 4.98 Å². The van der Waals surface area contributed by atoms with Crippen LogP contribution in [-0.2, 0) is 5.41 Å². The molecule has 0 bridgehead atoms. The van der Waals surface area contributed by atoms with Crippen molar-refractivity contribution in [3.63, 3.8) is 0 Å². The number of hydrogen-bond donors (Lipinski definition) is 1. The standard InChI is InChI=1S/C18H21F2NO3/c1-10-6-14(16(22)23)21-15-12(10)7-11(24-9-18(5,19)20)8-13(15)17(2,3)4/h6-8H,9H2,1-5H3,(H,22,23). The number of benzene rings is 1. The summed E-state index contributed by atoms with van der Waals surface area (Å²) in [6, 6.07) is 4.76. The summed E-state index contributed by atoms with van der Waals surface area (Å²) in [4.78, 5) is 15.5. The van der Waals surface area contributed by atoms with Crippen LogP contribution in [0.2, 0.25) is 0 Å². The number of aryl methyl sites for hydroxylation is 1. The van der Waals surface area contributed by atoms with Gasteiger partial charge >= 0.3 is 5.97 Å². The number of aromatic nitrogens is 1. The van der Waals surface area contributed by atoms with Gasteiger partial charge in [0.1, 0.15) is 11.4 Å².